The number of fused-ring (bicyclic) bond motifs is 1. The first-order valence-electron chi connectivity index (χ1n) is 9.04. The Morgan fingerprint density at radius 2 is 1.52 bits per heavy atom. The third-order valence-corrected chi connectivity index (χ3v) is 6.32. The summed E-state index contributed by atoms with van der Waals surface area (Å²) in [6.07, 6.45) is 2.77. The van der Waals surface area contributed by atoms with Crippen LogP contribution in [0.15, 0.2) is 106 Å². The van der Waals surface area contributed by atoms with Crippen molar-refractivity contribution in [3.63, 3.8) is 0 Å². The molecule has 1 aliphatic rings. The van der Waals surface area contributed by atoms with E-state index in [1.54, 1.807) is 18.2 Å². The van der Waals surface area contributed by atoms with Gasteiger partial charge in [0, 0.05) is 5.56 Å². The van der Waals surface area contributed by atoms with Crippen molar-refractivity contribution in [2.75, 3.05) is 0 Å². The lowest BCUT2D eigenvalue weighted by Crippen LogP contribution is -2.15. The number of hydrogen-bond donors (Lipinski definition) is 0. The van der Waals surface area contributed by atoms with E-state index >= 15 is 0 Å². The van der Waals surface area contributed by atoms with Gasteiger partial charge in [-0.25, -0.2) is 8.42 Å². The van der Waals surface area contributed by atoms with Crippen LogP contribution in [0.2, 0.25) is 0 Å². The molecule has 1 heterocycles. The maximum absolute atomic E-state index is 13.0. The number of benzene rings is 3. The molecule has 0 aromatic heterocycles. The normalized spacial score (nSPS) is 16.2. The number of allylic oxidation sites excluding steroid dienone is 1. The van der Waals surface area contributed by atoms with E-state index < -0.39 is 15.9 Å². The highest BCUT2D eigenvalue weighted by atomic mass is 32.2. The van der Waals surface area contributed by atoms with Gasteiger partial charge in [-0.05, 0) is 41.5 Å². The lowest BCUT2D eigenvalue weighted by Gasteiger charge is -2.26. The average Bonchev–Trinajstić information content (AvgIpc) is 2.78. The summed E-state index contributed by atoms with van der Waals surface area (Å²) in [4.78, 5) is -0.236. The van der Waals surface area contributed by atoms with Crippen LogP contribution in [-0.4, -0.2) is 8.42 Å². The van der Waals surface area contributed by atoms with E-state index in [2.05, 4.69) is 0 Å². The molecule has 0 saturated heterocycles. The minimum atomic E-state index is -3.93. The third-order valence-electron chi connectivity index (χ3n) is 4.64. The molecule has 0 N–H and O–H groups in total. The highest BCUT2D eigenvalue weighted by Gasteiger charge is 2.27. The highest BCUT2D eigenvalue weighted by Crippen LogP contribution is 2.38. The molecular weight excluding hydrogens is 382 g/mol. The van der Waals surface area contributed by atoms with Crippen molar-refractivity contribution in [2.45, 2.75) is 11.0 Å². The zero-order valence-electron chi connectivity index (χ0n) is 15.4. The van der Waals surface area contributed by atoms with E-state index in [9.17, 15) is 13.7 Å². The molecule has 3 aromatic rings. The van der Waals surface area contributed by atoms with E-state index in [-0.39, 0.29) is 9.80 Å². The molecule has 1 atom stereocenters. The molecule has 5 heteroatoms. The topological polar surface area (TPSA) is 67.2 Å². The lowest BCUT2D eigenvalue weighted by atomic mass is 9.96. The fourth-order valence-electron chi connectivity index (χ4n) is 3.21. The van der Waals surface area contributed by atoms with E-state index in [4.69, 9.17) is 4.74 Å². The molecule has 0 aliphatic carbocycles. The van der Waals surface area contributed by atoms with Gasteiger partial charge in [-0.15, -0.1) is 0 Å². The zero-order valence-corrected chi connectivity index (χ0v) is 16.2. The molecule has 1 aliphatic heterocycles. The summed E-state index contributed by atoms with van der Waals surface area (Å²) in [5, 5.41) is 9.64. The standard InChI is InChI=1S/C24H17NO3S/c25-17-22(29(26,27)21-12-5-2-6-13-21)16-20-15-19-11-7-8-14-23(19)28-24(20)18-9-3-1-4-10-18/h1-16,24H. The Bertz CT molecular complexity index is 1240. The van der Waals surface area contributed by atoms with Crippen LogP contribution in [0, 0.1) is 11.3 Å². The van der Waals surface area contributed by atoms with Gasteiger partial charge in [-0.2, -0.15) is 5.26 Å². The van der Waals surface area contributed by atoms with Gasteiger partial charge in [0.25, 0.3) is 0 Å². The molecular formula is C24H17NO3S. The summed E-state index contributed by atoms with van der Waals surface area (Å²) in [5.41, 5.74) is 2.31. The van der Waals surface area contributed by atoms with Crippen molar-refractivity contribution in [1.29, 1.82) is 5.26 Å². The number of sulfone groups is 1. The van der Waals surface area contributed by atoms with Gasteiger partial charge in [0.2, 0.25) is 9.84 Å². The molecule has 0 bridgehead atoms. The number of hydrogen-bond acceptors (Lipinski definition) is 4. The second-order valence-corrected chi connectivity index (χ2v) is 8.45. The molecule has 1 unspecified atom stereocenters. The molecule has 0 radical (unpaired) electrons. The smallest absolute Gasteiger partial charge is 0.216 e. The van der Waals surface area contributed by atoms with Crippen LogP contribution in [0.1, 0.15) is 17.2 Å². The van der Waals surface area contributed by atoms with Gasteiger partial charge in [-0.3, -0.25) is 0 Å². The molecule has 4 nitrogen and oxygen atoms in total. The lowest BCUT2D eigenvalue weighted by molar-refractivity contribution is 0.243. The van der Waals surface area contributed by atoms with Gasteiger partial charge in [-0.1, -0.05) is 66.7 Å². The molecule has 0 amide bonds. The monoisotopic (exact) mass is 399 g/mol. The Hall–Kier alpha value is -3.62. The first-order valence-corrected chi connectivity index (χ1v) is 10.5. The SMILES string of the molecule is N#CC(=CC1=Cc2ccccc2OC1c1ccccc1)S(=O)(=O)c1ccccc1. The van der Waals surface area contributed by atoms with Crippen molar-refractivity contribution in [1.82, 2.24) is 0 Å². The summed E-state index contributed by atoms with van der Waals surface area (Å²) in [6.45, 7) is 0. The van der Waals surface area contributed by atoms with E-state index in [0.717, 1.165) is 11.1 Å². The van der Waals surface area contributed by atoms with Crippen molar-refractivity contribution in [2.24, 2.45) is 0 Å². The molecule has 0 saturated carbocycles. The second-order valence-electron chi connectivity index (χ2n) is 6.53. The molecule has 4 rings (SSSR count). The largest absolute Gasteiger partial charge is 0.480 e. The first-order chi connectivity index (χ1) is 14.1. The van der Waals surface area contributed by atoms with Gasteiger partial charge in [0.15, 0.2) is 0 Å². The summed E-state index contributed by atoms with van der Waals surface area (Å²) in [7, 11) is -3.93. The summed E-state index contributed by atoms with van der Waals surface area (Å²) >= 11 is 0. The number of nitriles is 1. The summed E-state index contributed by atoms with van der Waals surface area (Å²) in [5.74, 6) is 0.711. The van der Waals surface area contributed by atoms with Gasteiger partial charge < -0.3 is 4.74 Å². The summed E-state index contributed by atoms with van der Waals surface area (Å²) < 4.78 is 32.1. The fourth-order valence-corrected chi connectivity index (χ4v) is 4.39. The van der Waals surface area contributed by atoms with Crippen molar-refractivity contribution >= 4 is 15.9 Å². The van der Waals surface area contributed by atoms with Crippen LogP contribution in [0.3, 0.4) is 0 Å². The predicted molar refractivity (Wildman–Crippen MR) is 112 cm³/mol. The Balaban J connectivity index is 1.85. The van der Waals surface area contributed by atoms with E-state index in [1.165, 1.54) is 18.2 Å². The predicted octanol–water partition coefficient (Wildman–Crippen LogP) is 5.09. The molecule has 142 valence electrons. The molecule has 0 spiro atoms. The third kappa shape index (κ3) is 3.71. The minimum absolute atomic E-state index is 0.0850. The maximum atomic E-state index is 13.0. The number of nitrogens with zero attached hydrogens (tertiary/aromatic N) is 1. The molecule has 3 aromatic carbocycles. The Morgan fingerprint density at radius 1 is 0.897 bits per heavy atom. The van der Waals surface area contributed by atoms with E-state index in [0.29, 0.717) is 11.3 Å². The van der Waals surface area contributed by atoms with Crippen LogP contribution in [-0.2, 0) is 9.84 Å². The first kappa shape index (κ1) is 18.7. The Morgan fingerprint density at radius 3 is 2.21 bits per heavy atom. The Labute approximate surface area is 169 Å². The van der Waals surface area contributed by atoms with Crippen LogP contribution in [0.5, 0.6) is 5.75 Å². The highest BCUT2D eigenvalue weighted by molar-refractivity contribution is 7.95. The Kier molecular flexibility index (Phi) is 5.03. The van der Waals surface area contributed by atoms with Crippen LogP contribution in [0.25, 0.3) is 6.08 Å². The van der Waals surface area contributed by atoms with Crippen molar-refractivity contribution in [3.05, 3.63) is 113 Å². The average molecular weight is 399 g/mol. The van der Waals surface area contributed by atoms with Crippen LogP contribution >= 0.6 is 0 Å². The van der Waals surface area contributed by atoms with Crippen LogP contribution in [0.4, 0.5) is 0 Å². The number of rotatable bonds is 4. The van der Waals surface area contributed by atoms with Crippen molar-refractivity contribution < 1.29 is 13.2 Å². The second kappa shape index (κ2) is 7.78. The fraction of sp³-hybridized carbons (Fsp3) is 0.0417. The van der Waals surface area contributed by atoms with E-state index in [1.807, 2.05) is 66.7 Å². The van der Waals surface area contributed by atoms with Crippen LogP contribution < -0.4 is 4.74 Å². The zero-order chi connectivity index (χ0) is 20.3. The quantitative estimate of drug-likeness (QED) is 0.574. The number of para-hydroxylation sites is 1. The van der Waals surface area contributed by atoms with Crippen molar-refractivity contribution in [3.8, 4) is 11.8 Å². The number of ether oxygens (including phenoxy) is 1. The summed E-state index contributed by atoms with van der Waals surface area (Å²) in [6, 6.07) is 26.9. The molecule has 0 fully saturated rings. The van der Waals surface area contributed by atoms with Gasteiger partial charge >= 0.3 is 0 Å². The van der Waals surface area contributed by atoms with Gasteiger partial charge in [0.05, 0.1) is 4.90 Å². The minimum Gasteiger partial charge on any atom is -0.480 e. The molecule has 29 heavy (non-hydrogen) atoms. The maximum Gasteiger partial charge on any atom is 0.216 e. The van der Waals surface area contributed by atoms with Gasteiger partial charge in [0.1, 0.15) is 22.8 Å².